The minimum atomic E-state index is -1.50. The highest BCUT2D eigenvalue weighted by atomic mass is 16.2. The maximum absolute atomic E-state index is 14.6. The molecule has 0 radical (unpaired) electrons. The summed E-state index contributed by atoms with van der Waals surface area (Å²) in [5.74, 6) is 0. The number of nitrogens with zero attached hydrogens (tertiary/aromatic N) is 5. The van der Waals surface area contributed by atoms with Crippen LogP contribution in [0.15, 0.2) is 87.9 Å². The van der Waals surface area contributed by atoms with Crippen molar-refractivity contribution in [1.29, 1.82) is 0 Å². The zero-order valence-corrected chi connectivity index (χ0v) is 20.5. The topological polar surface area (TPSA) is 155 Å². The third-order valence-corrected chi connectivity index (χ3v) is 6.93. The number of aliphatic imine (C=N–C) groups is 3. The van der Waals surface area contributed by atoms with Gasteiger partial charge in [-0.2, -0.15) is 15.0 Å². The number of carbonyl (C=O) groups is 2. The average molecular weight is 503 g/mol. The maximum atomic E-state index is 14.6. The second kappa shape index (κ2) is 10.5. The Morgan fingerprint density at radius 3 is 1.38 bits per heavy atom. The molecule has 0 saturated carbocycles. The van der Waals surface area contributed by atoms with E-state index in [0.717, 1.165) is 4.90 Å². The van der Waals surface area contributed by atoms with Crippen molar-refractivity contribution in [1.82, 2.24) is 9.80 Å². The van der Waals surface area contributed by atoms with E-state index >= 15 is 0 Å². The van der Waals surface area contributed by atoms with Crippen LogP contribution >= 0.6 is 0 Å². The van der Waals surface area contributed by atoms with Crippen molar-refractivity contribution in [3.8, 4) is 0 Å². The van der Waals surface area contributed by atoms with Gasteiger partial charge in [0.2, 0.25) is 18.2 Å². The molecule has 4 amide bonds. The van der Waals surface area contributed by atoms with Crippen molar-refractivity contribution in [3.05, 3.63) is 72.9 Å². The summed E-state index contributed by atoms with van der Waals surface area (Å²) >= 11 is 0. The standard InChI is InChI=1S/C26H26N6O5/c1-24(13-7-4-10-19(24)28-16-33)31(22(27)36)23(37)32(25(2)14-8-5-11-20(25)29-17-34)26(3)15-9-6-12-21(26)30-18-35/h4-15,19-21H,1-3H3,(H2,27,36). The average Bonchev–Trinajstić information content (AvgIpc) is 2.84. The fraction of sp³-hybridized carbons (Fsp3) is 0.346. The number of urea groups is 2. The molecule has 6 unspecified atom stereocenters. The van der Waals surface area contributed by atoms with Crippen LogP contribution < -0.4 is 5.73 Å². The lowest BCUT2D eigenvalue weighted by Crippen LogP contribution is -2.72. The largest absolute Gasteiger partial charge is 0.351 e. The number of allylic oxidation sites excluding steroid dienone is 6. The van der Waals surface area contributed by atoms with Crippen LogP contribution in [0.1, 0.15) is 20.8 Å². The van der Waals surface area contributed by atoms with Crippen LogP contribution in [-0.4, -0.2) is 74.8 Å². The normalized spacial score (nSPS) is 33.0. The number of isocyanates is 3. The Balaban J connectivity index is 2.32. The van der Waals surface area contributed by atoms with E-state index in [-0.39, 0.29) is 0 Å². The lowest BCUT2D eigenvalue weighted by Gasteiger charge is -2.55. The van der Waals surface area contributed by atoms with Crippen LogP contribution in [0.5, 0.6) is 0 Å². The monoisotopic (exact) mass is 502 g/mol. The molecule has 0 spiro atoms. The smallest absolute Gasteiger partial charge is 0.330 e. The zero-order chi connectivity index (χ0) is 27.3. The third kappa shape index (κ3) is 4.62. The van der Waals surface area contributed by atoms with Gasteiger partial charge in [0.1, 0.15) is 18.1 Å². The van der Waals surface area contributed by atoms with Crippen molar-refractivity contribution in [2.24, 2.45) is 20.7 Å². The van der Waals surface area contributed by atoms with Gasteiger partial charge in [0.05, 0.1) is 16.6 Å². The van der Waals surface area contributed by atoms with Gasteiger partial charge < -0.3 is 10.6 Å². The Labute approximate surface area is 213 Å². The molecule has 11 nitrogen and oxygen atoms in total. The number of rotatable bonds is 6. The molecule has 37 heavy (non-hydrogen) atoms. The molecule has 0 aromatic carbocycles. The predicted octanol–water partition coefficient (Wildman–Crippen LogP) is 2.56. The molecule has 0 fully saturated rings. The molecule has 0 aromatic rings. The summed E-state index contributed by atoms with van der Waals surface area (Å²) in [6.07, 6.45) is 24.0. The molecule has 3 aliphatic rings. The van der Waals surface area contributed by atoms with Crippen LogP contribution in [0.4, 0.5) is 9.59 Å². The summed E-state index contributed by atoms with van der Waals surface area (Å²) in [6, 6.07) is -4.83. The number of amides is 4. The summed E-state index contributed by atoms with van der Waals surface area (Å²) < 4.78 is 0. The molecule has 190 valence electrons. The van der Waals surface area contributed by atoms with Gasteiger partial charge in [0.25, 0.3) is 0 Å². The summed E-state index contributed by atoms with van der Waals surface area (Å²) in [5.41, 5.74) is 1.54. The number of primary amides is 1. The molecule has 3 aliphatic carbocycles. The second-order valence-corrected chi connectivity index (χ2v) is 9.20. The quantitative estimate of drug-likeness (QED) is 0.436. The van der Waals surface area contributed by atoms with Crippen molar-refractivity contribution >= 4 is 30.3 Å². The number of carbonyl (C=O) groups excluding carboxylic acids is 5. The van der Waals surface area contributed by atoms with Crippen LogP contribution in [0.3, 0.4) is 0 Å². The van der Waals surface area contributed by atoms with E-state index in [1.54, 1.807) is 74.6 Å². The molecular formula is C26H26N6O5. The van der Waals surface area contributed by atoms with Gasteiger partial charge in [-0.15, -0.1) is 0 Å². The molecule has 2 N–H and O–H groups in total. The SMILES string of the molecule is CC1(N(C(N)=O)C(=O)N(C2(C)C=CC=CC2N=C=O)C2(C)C=CC=CC2N=C=O)C=CC=CC1N=C=O. The first-order valence-electron chi connectivity index (χ1n) is 11.3. The number of hydrogen-bond acceptors (Lipinski definition) is 8. The molecule has 11 heteroatoms. The summed E-state index contributed by atoms with van der Waals surface area (Å²) in [6.45, 7) is 4.82. The highest BCUT2D eigenvalue weighted by molar-refractivity contribution is 5.95. The van der Waals surface area contributed by atoms with E-state index in [1.165, 1.54) is 42.2 Å². The van der Waals surface area contributed by atoms with Gasteiger partial charge in [-0.1, -0.05) is 72.9 Å². The van der Waals surface area contributed by atoms with Gasteiger partial charge in [-0.3, -0.25) is 0 Å². The van der Waals surface area contributed by atoms with E-state index < -0.39 is 46.8 Å². The van der Waals surface area contributed by atoms with Crippen molar-refractivity contribution in [3.63, 3.8) is 0 Å². The second-order valence-electron chi connectivity index (χ2n) is 9.20. The van der Waals surface area contributed by atoms with Crippen molar-refractivity contribution in [2.45, 2.75) is 55.5 Å². The lowest BCUT2D eigenvalue weighted by atomic mass is 9.78. The first kappa shape index (κ1) is 26.9. The minimum Gasteiger partial charge on any atom is -0.351 e. The predicted molar refractivity (Wildman–Crippen MR) is 134 cm³/mol. The molecule has 3 rings (SSSR count). The van der Waals surface area contributed by atoms with E-state index in [0.29, 0.717) is 0 Å². The number of nitrogens with two attached hydrogens (primary N) is 1. The van der Waals surface area contributed by atoms with Crippen LogP contribution in [0.2, 0.25) is 0 Å². The zero-order valence-electron chi connectivity index (χ0n) is 20.5. The van der Waals surface area contributed by atoms with E-state index in [1.807, 2.05) is 0 Å². The number of imide groups is 1. The van der Waals surface area contributed by atoms with Gasteiger partial charge in [-0.25, -0.2) is 28.9 Å². The molecule has 0 saturated heterocycles. The van der Waals surface area contributed by atoms with Crippen molar-refractivity contribution < 1.29 is 24.0 Å². The summed E-state index contributed by atoms with van der Waals surface area (Å²) in [7, 11) is 0. The Bertz CT molecular complexity index is 1240. The van der Waals surface area contributed by atoms with Crippen LogP contribution in [-0.2, 0) is 14.4 Å². The van der Waals surface area contributed by atoms with Crippen LogP contribution in [0, 0.1) is 0 Å². The van der Waals surface area contributed by atoms with E-state index in [4.69, 9.17) is 5.73 Å². The van der Waals surface area contributed by atoms with Gasteiger partial charge in [0.15, 0.2) is 0 Å². The Hall–Kier alpha value is -4.68. The van der Waals surface area contributed by atoms with Crippen molar-refractivity contribution in [2.75, 3.05) is 0 Å². The lowest BCUT2D eigenvalue weighted by molar-refractivity contribution is 0.0407. The van der Waals surface area contributed by atoms with E-state index in [9.17, 15) is 24.0 Å². The molecule has 6 atom stereocenters. The summed E-state index contributed by atoms with van der Waals surface area (Å²) in [5, 5.41) is 0. The molecule has 0 bridgehead atoms. The van der Waals surface area contributed by atoms with E-state index in [2.05, 4.69) is 15.0 Å². The summed E-state index contributed by atoms with van der Waals surface area (Å²) in [4.78, 5) is 75.1. The Morgan fingerprint density at radius 2 is 1.03 bits per heavy atom. The first-order valence-corrected chi connectivity index (χ1v) is 11.3. The maximum Gasteiger partial charge on any atom is 0.330 e. The third-order valence-electron chi connectivity index (χ3n) is 6.93. The highest BCUT2D eigenvalue weighted by Crippen LogP contribution is 2.41. The van der Waals surface area contributed by atoms with Crippen LogP contribution in [0.25, 0.3) is 0 Å². The first-order chi connectivity index (χ1) is 17.6. The van der Waals surface area contributed by atoms with Gasteiger partial charge >= 0.3 is 12.1 Å². The van der Waals surface area contributed by atoms with Gasteiger partial charge in [-0.05, 0) is 20.8 Å². The fourth-order valence-corrected chi connectivity index (χ4v) is 5.02. The highest BCUT2D eigenvalue weighted by Gasteiger charge is 2.56. The fourth-order valence-electron chi connectivity index (χ4n) is 5.02. The molecule has 0 heterocycles. The van der Waals surface area contributed by atoms with Gasteiger partial charge in [0, 0.05) is 0 Å². The molecule has 0 aliphatic heterocycles. The Kier molecular flexibility index (Phi) is 7.65. The number of hydrogen-bond donors (Lipinski definition) is 1. The molecule has 0 aromatic heterocycles. The Morgan fingerprint density at radius 1 is 0.676 bits per heavy atom. The minimum absolute atomic E-state index is 0.788. The molecular weight excluding hydrogens is 476 g/mol.